The average molecular weight is 280 g/mol. The lowest BCUT2D eigenvalue weighted by Crippen LogP contribution is -2.47. The standard InChI is InChI=1S/C10H20N2O3S2/c1-2-9(10(11)16)17(14,15)12-5-3-8(7-13)4-6-12/h8-9,13H,2-7H2,1H3,(H2,11,16). The maximum atomic E-state index is 12.2. The molecule has 0 amide bonds. The highest BCUT2D eigenvalue weighted by Crippen LogP contribution is 2.22. The van der Waals surface area contributed by atoms with Crippen molar-refractivity contribution in [2.24, 2.45) is 11.7 Å². The van der Waals surface area contributed by atoms with Crippen LogP contribution < -0.4 is 5.73 Å². The number of hydrogen-bond donors (Lipinski definition) is 2. The highest BCUT2D eigenvalue weighted by Gasteiger charge is 2.34. The predicted molar refractivity (Wildman–Crippen MR) is 71.2 cm³/mol. The molecule has 0 aromatic heterocycles. The van der Waals surface area contributed by atoms with Crippen molar-refractivity contribution >= 4 is 27.2 Å². The van der Waals surface area contributed by atoms with Crippen molar-refractivity contribution in [1.82, 2.24) is 4.31 Å². The number of hydrogen-bond acceptors (Lipinski definition) is 4. The summed E-state index contributed by atoms with van der Waals surface area (Å²) in [5.41, 5.74) is 5.48. The summed E-state index contributed by atoms with van der Waals surface area (Å²) in [6.45, 7) is 2.79. The molecule has 1 aliphatic rings. The van der Waals surface area contributed by atoms with Crippen molar-refractivity contribution in [3.8, 4) is 0 Å². The minimum atomic E-state index is -3.42. The molecule has 0 spiro atoms. The molecule has 1 unspecified atom stereocenters. The van der Waals surface area contributed by atoms with E-state index in [2.05, 4.69) is 0 Å². The lowest BCUT2D eigenvalue weighted by Gasteiger charge is -2.32. The number of sulfonamides is 1. The van der Waals surface area contributed by atoms with Gasteiger partial charge in [0.25, 0.3) is 0 Å². The quantitative estimate of drug-likeness (QED) is 0.697. The average Bonchev–Trinajstić information content (AvgIpc) is 2.29. The van der Waals surface area contributed by atoms with Crippen molar-refractivity contribution in [2.75, 3.05) is 19.7 Å². The van der Waals surface area contributed by atoms with Crippen LogP contribution in [0.2, 0.25) is 0 Å². The minimum Gasteiger partial charge on any atom is -0.396 e. The molecule has 5 nitrogen and oxygen atoms in total. The summed E-state index contributed by atoms with van der Waals surface area (Å²) in [6, 6.07) is 0. The van der Waals surface area contributed by atoms with Crippen LogP contribution in [0.3, 0.4) is 0 Å². The Morgan fingerprint density at radius 1 is 1.53 bits per heavy atom. The number of aliphatic hydroxyl groups excluding tert-OH is 1. The molecular weight excluding hydrogens is 260 g/mol. The van der Waals surface area contributed by atoms with Gasteiger partial charge >= 0.3 is 0 Å². The SMILES string of the molecule is CCC(C(N)=S)S(=O)(=O)N1CCC(CO)CC1. The molecule has 0 bridgehead atoms. The number of nitrogens with two attached hydrogens (primary N) is 1. The first-order valence-electron chi connectivity index (χ1n) is 5.82. The number of rotatable bonds is 5. The molecule has 0 aromatic rings. The van der Waals surface area contributed by atoms with E-state index in [0.29, 0.717) is 32.4 Å². The summed E-state index contributed by atoms with van der Waals surface area (Å²) in [7, 11) is -3.42. The van der Waals surface area contributed by atoms with E-state index >= 15 is 0 Å². The Morgan fingerprint density at radius 3 is 2.41 bits per heavy atom. The van der Waals surface area contributed by atoms with Gasteiger partial charge in [0.15, 0.2) is 0 Å². The van der Waals surface area contributed by atoms with Crippen LogP contribution in [0.15, 0.2) is 0 Å². The Kier molecular flexibility index (Phi) is 5.30. The maximum Gasteiger partial charge on any atom is 0.223 e. The van der Waals surface area contributed by atoms with Crippen LogP contribution in [0.5, 0.6) is 0 Å². The molecule has 0 saturated carbocycles. The third kappa shape index (κ3) is 3.37. The second-order valence-electron chi connectivity index (χ2n) is 4.37. The zero-order valence-corrected chi connectivity index (χ0v) is 11.6. The van der Waals surface area contributed by atoms with Gasteiger partial charge in [0.1, 0.15) is 5.25 Å². The van der Waals surface area contributed by atoms with Crippen LogP contribution in [0, 0.1) is 5.92 Å². The van der Waals surface area contributed by atoms with Crippen molar-refractivity contribution in [2.45, 2.75) is 31.4 Å². The van der Waals surface area contributed by atoms with Crippen molar-refractivity contribution < 1.29 is 13.5 Å². The van der Waals surface area contributed by atoms with Gasteiger partial charge < -0.3 is 10.8 Å². The molecule has 0 radical (unpaired) electrons. The van der Waals surface area contributed by atoms with Gasteiger partial charge in [0.05, 0.1) is 4.99 Å². The first kappa shape index (κ1) is 14.8. The molecule has 17 heavy (non-hydrogen) atoms. The van der Waals surface area contributed by atoms with Crippen LogP contribution >= 0.6 is 12.2 Å². The lowest BCUT2D eigenvalue weighted by molar-refractivity contribution is 0.170. The van der Waals surface area contributed by atoms with E-state index in [0.717, 1.165) is 0 Å². The molecule has 0 aliphatic carbocycles. The predicted octanol–water partition coefficient (Wildman–Crippen LogP) is 0.0852. The van der Waals surface area contributed by atoms with Crippen LogP contribution in [0.25, 0.3) is 0 Å². The fourth-order valence-corrected chi connectivity index (χ4v) is 4.41. The first-order chi connectivity index (χ1) is 7.93. The summed E-state index contributed by atoms with van der Waals surface area (Å²) in [5.74, 6) is 0.214. The molecule has 1 saturated heterocycles. The van der Waals surface area contributed by atoms with Crippen LogP contribution in [0.1, 0.15) is 26.2 Å². The lowest BCUT2D eigenvalue weighted by atomic mass is 10.00. The van der Waals surface area contributed by atoms with E-state index in [1.54, 1.807) is 6.92 Å². The maximum absolute atomic E-state index is 12.2. The largest absolute Gasteiger partial charge is 0.396 e. The van der Waals surface area contributed by atoms with E-state index < -0.39 is 15.3 Å². The molecule has 1 heterocycles. The van der Waals surface area contributed by atoms with Gasteiger partial charge in [-0.15, -0.1) is 0 Å². The number of nitrogens with zero attached hydrogens (tertiary/aromatic N) is 1. The van der Waals surface area contributed by atoms with Gasteiger partial charge in [-0.3, -0.25) is 0 Å². The zero-order valence-electron chi connectivity index (χ0n) is 10.0. The van der Waals surface area contributed by atoms with Gasteiger partial charge in [-0.2, -0.15) is 0 Å². The van der Waals surface area contributed by atoms with E-state index in [-0.39, 0.29) is 17.5 Å². The Hall–Kier alpha value is -0.240. The second-order valence-corrected chi connectivity index (χ2v) is 6.96. The molecule has 0 aromatic carbocycles. The number of thiocarbonyl (C=S) groups is 1. The summed E-state index contributed by atoms with van der Waals surface area (Å²) in [6.07, 6.45) is 1.80. The van der Waals surface area contributed by atoms with Gasteiger partial charge in [-0.05, 0) is 25.2 Å². The topological polar surface area (TPSA) is 83.6 Å². The van der Waals surface area contributed by atoms with Crippen LogP contribution in [-0.2, 0) is 10.0 Å². The number of piperidine rings is 1. The van der Waals surface area contributed by atoms with E-state index in [9.17, 15) is 8.42 Å². The van der Waals surface area contributed by atoms with Crippen molar-refractivity contribution in [1.29, 1.82) is 0 Å². The van der Waals surface area contributed by atoms with E-state index in [4.69, 9.17) is 23.1 Å². The molecule has 100 valence electrons. The fourth-order valence-electron chi connectivity index (χ4n) is 2.08. The van der Waals surface area contributed by atoms with Gasteiger partial charge in [-0.25, -0.2) is 12.7 Å². The monoisotopic (exact) mass is 280 g/mol. The summed E-state index contributed by atoms with van der Waals surface area (Å²) < 4.78 is 25.9. The van der Waals surface area contributed by atoms with Gasteiger partial charge in [0.2, 0.25) is 10.0 Å². The first-order valence-corrected chi connectivity index (χ1v) is 7.73. The third-order valence-electron chi connectivity index (χ3n) is 3.24. The molecule has 1 aliphatic heterocycles. The molecule has 1 atom stereocenters. The number of aliphatic hydroxyl groups is 1. The molecule has 7 heteroatoms. The Balaban J connectivity index is 2.75. The fraction of sp³-hybridized carbons (Fsp3) is 0.900. The molecular formula is C10H20N2O3S2. The van der Waals surface area contributed by atoms with Crippen LogP contribution in [-0.4, -0.2) is 47.8 Å². The Morgan fingerprint density at radius 2 is 2.06 bits per heavy atom. The summed E-state index contributed by atoms with van der Waals surface area (Å²) >= 11 is 4.81. The molecule has 3 N–H and O–H groups in total. The van der Waals surface area contributed by atoms with E-state index in [1.807, 2.05) is 0 Å². The Labute approximate surface area is 108 Å². The molecule has 1 rings (SSSR count). The highest BCUT2D eigenvalue weighted by molar-refractivity contribution is 7.92. The van der Waals surface area contributed by atoms with Gasteiger partial charge in [0, 0.05) is 19.7 Å². The third-order valence-corrected chi connectivity index (χ3v) is 6.06. The zero-order chi connectivity index (χ0) is 13.1. The van der Waals surface area contributed by atoms with Crippen molar-refractivity contribution in [3.05, 3.63) is 0 Å². The summed E-state index contributed by atoms with van der Waals surface area (Å²) in [5, 5.41) is 8.25. The second kappa shape index (κ2) is 6.08. The van der Waals surface area contributed by atoms with E-state index in [1.165, 1.54) is 4.31 Å². The molecule has 1 fully saturated rings. The highest BCUT2D eigenvalue weighted by atomic mass is 32.2. The van der Waals surface area contributed by atoms with Crippen molar-refractivity contribution in [3.63, 3.8) is 0 Å². The normalized spacial score (nSPS) is 21.3. The smallest absolute Gasteiger partial charge is 0.223 e. The Bertz CT molecular complexity index is 362. The minimum absolute atomic E-state index is 0.0387. The van der Waals surface area contributed by atoms with Crippen LogP contribution in [0.4, 0.5) is 0 Å². The van der Waals surface area contributed by atoms with Gasteiger partial charge in [-0.1, -0.05) is 19.1 Å². The summed E-state index contributed by atoms with van der Waals surface area (Å²) in [4.78, 5) is 0.0387.